The Bertz CT molecular complexity index is 753. The Labute approximate surface area is 167 Å². The van der Waals surface area contributed by atoms with Crippen molar-refractivity contribution in [2.24, 2.45) is 5.92 Å². The van der Waals surface area contributed by atoms with E-state index in [0.29, 0.717) is 23.8 Å². The zero-order chi connectivity index (χ0) is 19.8. The van der Waals surface area contributed by atoms with Gasteiger partial charge in [-0.25, -0.2) is 0 Å². The van der Waals surface area contributed by atoms with Gasteiger partial charge in [0, 0.05) is 13.1 Å². The summed E-state index contributed by atoms with van der Waals surface area (Å²) >= 11 is 0. The largest absolute Gasteiger partial charge is 0.497 e. The van der Waals surface area contributed by atoms with E-state index in [9.17, 15) is 4.79 Å². The summed E-state index contributed by atoms with van der Waals surface area (Å²) in [6.07, 6.45) is 2.20. The lowest BCUT2D eigenvalue weighted by atomic mass is 9.96. The molecule has 0 atom stereocenters. The zero-order valence-electron chi connectivity index (χ0n) is 16.8. The number of para-hydroxylation sites is 1. The summed E-state index contributed by atoms with van der Waals surface area (Å²) in [5.74, 6) is 2.01. The summed E-state index contributed by atoms with van der Waals surface area (Å²) in [6.45, 7) is 6.27. The molecular weight excluding hydrogens is 352 g/mol. The molecule has 0 unspecified atom stereocenters. The molecule has 1 aliphatic rings. The van der Waals surface area contributed by atoms with Gasteiger partial charge in [-0.1, -0.05) is 24.3 Å². The average Bonchev–Trinajstić information content (AvgIpc) is 2.74. The van der Waals surface area contributed by atoms with Crippen molar-refractivity contribution in [3.8, 4) is 11.5 Å². The van der Waals surface area contributed by atoms with Crippen molar-refractivity contribution in [2.75, 3.05) is 33.4 Å². The van der Waals surface area contributed by atoms with E-state index in [0.717, 1.165) is 44.8 Å². The molecule has 0 bridgehead atoms. The number of nitrogens with one attached hydrogen (secondary N) is 1. The third-order valence-electron chi connectivity index (χ3n) is 5.26. The van der Waals surface area contributed by atoms with Crippen LogP contribution in [-0.2, 0) is 6.54 Å². The van der Waals surface area contributed by atoms with Crippen LogP contribution in [0.25, 0.3) is 0 Å². The van der Waals surface area contributed by atoms with Gasteiger partial charge in [-0.3, -0.25) is 9.69 Å². The Morgan fingerprint density at radius 3 is 2.50 bits per heavy atom. The summed E-state index contributed by atoms with van der Waals surface area (Å²) in [4.78, 5) is 15.0. The smallest absolute Gasteiger partial charge is 0.255 e. The maximum Gasteiger partial charge on any atom is 0.255 e. The molecule has 1 N–H and O–H groups in total. The Morgan fingerprint density at radius 1 is 1.11 bits per heavy atom. The lowest BCUT2D eigenvalue weighted by molar-refractivity contribution is 0.0931. The molecule has 1 fully saturated rings. The van der Waals surface area contributed by atoms with E-state index in [1.807, 2.05) is 43.3 Å². The fourth-order valence-electron chi connectivity index (χ4n) is 3.61. The lowest BCUT2D eigenvalue weighted by Crippen LogP contribution is -2.38. The van der Waals surface area contributed by atoms with Crippen LogP contribution in [0.1, 0.15) is 35.7 Å². The average molecular weight is 383 g/mol. The van der Waals surface area contributed by atoms with Gasteiger partial charge in [-0.2, -0.15) is 0 Å². The van der Waals surface area contributed by atoms with Crippen LogP contribution in [-0.4, -0.2) is 44.2 Å². The zero-order valence-corrected chi connectivity index (χ0v) is 16.8. The minimum Gasteiger partial charge on any atom is -0.497 e. The van der Waals surface area contributed by atoms with Gasteiger partial charge in [0.15, 0.2) is 0 Å². The number of rotatable bonds is 8. The maximum absolute atomic E-state index is 12.5. The number of nitrogens with zero attached hydrogens (tertiary/aromatic N) is 1. The molecule has 5 nitrogen and oxygen atoms in total. The Morgan fingerprint density at radius 2 is 1.82 bits per heavy atom. The van der Waals surface area contributed by atoms with Crippen LogP contribution >= 0.6 is 0 Å². The third-order valence-corrected chi connectivity index (χ3v) is 5.26. The van der Waals surface area contributed by atoms with Crippen molar-refractivity contribution in [1.82, 2.24) is 10.2 Å². The van der Waals surface area contributed by atoms with Crippen LogP contribution in [0, 0.1) is 5.92 Å². The van der Waals surface area contributed by atoms with Crippen LogP contribution in [0.15, 0.2) is 48.5 Å². The topological polar surface area (TPSA) is 50.8 Å². The van der Waals surface area contributed by atoms with Gasteiger partial charge < -0.3 is 14.8 Å². The standard InChI is InChI=1S/C23H30N2O3/c1-3-28-22-7-5-4-6-21(22)23(26)24-16-18-12-14-25(15-13-18)17-19-8-10-20(27-2)11-9-19/h4-11,18H,3,12-17H2,1-2H3,(H,24,26). The molecule has 2 aromatic carbocycles. The molecular formula is C23H30N2O3. The first-order valence-corrected chi connectivity index (χ1v) is 10.0. The molecule has 0 spiro atoms. The first-order valence-electron chi connectivity index (χ1n) is 10.0. The van der Waals surface area contributed by atoms with E-state index in [1.54, 1.807) is 7.11 Å². The highest BCUT2D eigenvalue weighted by Crippen LogP contribution is 2.21. The molecule has 2 aromatic rings. The van der Waals surface area contributed by atoms with Gasteiger partial charge in [-0.15, -0.1) is 0 Å². The predicted molar refractivity (Wildman–Crippen MR) is 111 cm³/mol. The number of hydrogen-bond acceptors (Lipinski definition) is 4. The first kappa shape index (κ1) is 20.2. The van der Waals surface area contributed by atoms with E-state index >= 15 is 0 Å². The van der Waals surface area contributed by atoms with Gasteiger partial charge in [0.05, 0.1) is 19.3 Å². The molecule has 150 valence electrons. The summed E-state index contributed by atoms with van der Waals surface area (Å²) in [7, 11) is 1.69. The molecule has 5 heteroatoms. The maximum atomic E-state index is 12.5. The molecule has 0 saturated carbocycles. The summed E-state index contributed by atoms with van der Waals surface area (Å²) in [5.41, 5.74) is 1.92. The second kappa shape index (κ2) is 10.1. The van der Waals surface area contributed by atoms with Crippen molar-refractivity contribution in [2.45, 2.75) is 26.3 Å². The van der Waals surface area contributed by atoms with Gasteiger partial charge in [0.25, 0.3) is 5.91 Å². The number of ether oxygens (including phenoxy) is 2. The van der Waals surface area contributed by atoms with Gasteiger partial charge >= 0.3 is 0 Å². The van der Waals surface area contributed by atoms with E-state index in [1.165, 1.54) is 5.56 Å². The van der Waals surface area contributed by atoms with Crippen LogP contribution in [0.3, 0.4) is 0 Å². The van der Waals surface area contributed by atoms with E-state index in [4.69, 9.17) is 9.47 Å². The summed E-state index contributed by atoms with van der Waals surface area (Å²) in [6, 6.07) is 15.7. The molecule has 0 aliphatic carbocycles. The lowest BCUT2D eigenvalue weighted by Gasteiger charge is -2.32. The normalized spacial score (nSPS) is 15.2. The molecule has 0 radical (unpaired) electrons. The number of amides is 1. The Balaban J connectivity index is 1.43. The Kier molecular flexibility index (Phi) is 7.31. The van der Waals surface area contributed by atoms with Crippen molar-refractivity contribution in [3.05, 3.63) is 59.7 Å². The highest BCUT2D eigenvalue weighted by atomic mass is 16.5. The fourth-order valence-corrected chi connectivity index (χ4v) is 3.61. The molecule has 1 saturated heterocycles. The number of methoxy groups -OCH3 is 1. The quantitative estimate of drug-likeness (QED) is 0.756. The highest BCUT2D eigenvalue weighted by molar-refractivity contribution is 5.96. The highest BCUT2D eigenvalue weighted by Gasteiger charge is 2.20. The van der Waals surface area contributed by atoms with Crippen LogP contribution in [0.5, 0.6) is 11.5 Å². The summed E-state index contributed by atoms with van der Waals surface area (Å²) in [5, 5.41) is 3.09. The van der Waals surface area contributed by atoms with Crippen LogP contribution < -0.4 is 14.8 Å². The number of hydrogen-bond donors (Lipinski definition) is 1. The molecule has 28 heavy (non-hydrogen) atoms. The minimum atomic E-state index is -0.0512. The van der Waals surface area contributed by atoms with Gasteiger partial charge in [0.2, 0.25) is 0 Å². The monoisotopic (exact) mass is 382 g/mol. The van der Waals surface area contributed by atoms with Crippen molar-refractivity contribution in [1.29, 1.82) is 0 Å². The fraction of sp³-hybridized carbons (Fsp3) is 0.435. The number of carbonyl (C=O) groups is 1. The summed E-state index contributed by atoms with van der Waals surface area (Å²) < 4.78 is 10.8. The van der Waals surface area contributed by atoms with E-state index in [2.05, 4.69) is 22.3 Å². The van der Waals surface area contributed by atoms with Crippen molar-refractivity contribution in [3.63, 3.8) is 0 Å². The number of likely N-dealkylation sites (tertiary alicyclic amines) is 1. The SMILES string of the molecule is CCOc1ccccc1C(=O)NCC1CCN(Cc2ccc(OC)cc2)CC1. The minimum absolute atomic E-state index is 0.0512. The molecule has 3 rings (SSSR count). The second-order valence-corrected chi connectivity index (χ2v) is 7.21. The number of benzene rings is 2. The Hall–Kier alpha value is -2.53. The van der Waals surface area contributed by atoms with E-state index < -0.39 is 0 Å². The number of piperidine rings is 1. The molecule has 1 aliphatic heterocycles. The van der Waals surface area contributed by atoms with Crippen molar-refractivity contribution >= 4 is 5.91 Å². The predicted octanol–water partition coefficient (Wildman–Crippen LogP) is 3.74. The molecule has 1 heterocycles. The molecule has 1 amide bonds. The van der Waals surface area contributed by atoms with E-state index in [-0.39, 0.29) is 5.91 Å². The molecule has 0 aromatic heterocycles. The van der Waals surface area contributed by atoms with Crippen LogP contribution in [0.4, 0.5) is 0 Å². The third kappa shape index (κ3) is 5.49. The van der Waals surface area contributed by atoms with Crippen LogP contribution in [0.2, 0.25) is 0 Å². The second-order valence-electron chi connectivity index (χ2n) is 7.21. The number of carbonyl (C=O) groups excluding carboxylic acids is 1. The van der Waals surface area contributed by atoms with Gasteiger partial charge in [-0.05, 0) is 68.6 Å². The first-order chi connectivity index (χ1) is 13.7. The van der Waals surface area contributed by atoms with Gasteiger partial charge in [0.1, 0.15) is 11.5 Å². The van der Waals surface area contributed by atoms with Crippen molar-refractivity contribution < 1.29 is 14.3 Å².